The van der Waals surface area contributed by atoms with Gasteiger partial charge in [0.15, 0.2) is 0 Å². The van der Waals surface area contributed by atoms with Crippen molar-refractivity contribution >= 4 is 0 Å². The van der Waals surface area contributed by atoms with Gasteiger partial charge in [-0.1, -0.05) is 30.3 Å². The Morgan fingerprint density at radius 3 is 2.28 bits per heavy atom. The van der Waals surface area contributed by atoms with Crippen LogP contribution in [0.2, 0.25) is 0 Å². The number of benzene rings is 2. The predicted molar refractivity (Wildman–Crippen MR) is 101 cm³/mol. The molecule has 0 amide bonds. The van der Waals surface area contributed by atoms with Crippen LogP contribution in [-0.2, 0) is 6.54 Å². The standard InChI is InChI=1S/C21H27N3O/c1-2-4-20(5-3-1)25-21-8-6-18(7-9-21)17-23-12-14-24(15-13-23)19-10-11-22-16-19/h1-9,19,22H,10-17H2/t19-/m0/s1. The molecule has 0 aromatic heterocycles. The summed E-state index contributed by atoms with van der Waals surface area (Å²) >= 11 is 0. The van der Waals surface area contributed by atoms with E-state index in [2.05, 4.69) is 39.4 Å². The summed E-state index contributed by atoms with van der Waals surface area (Å²) < 4.78 is 5.87. The van der Waals surface area contributed by atoms with Crippen molar-refractivity contribution in [1.82, 2.24) is 15.1 Å². The number of nitrogens with zero attached hydrogens (tertiary/aromatic N) is 2. The van der Waals surface area contributed by atoms with Crippen LogP contribution in [0.25, 0.3) is 0 Å². The van der Waals surface area contributed by atoms with Crippen LogP contribution in [0.4, 0.5) is 0 Å². The average Bonchev–Trinajstić information content (AvgIpc) is 3.20. The molecular formula is C21H27N3O. The van der Waals surface area contributed by atoms with Crippen LogP contribution >= 0.6 is 0 Å². The van der Waals surface area contributed by atoms with E-state index >= 15 is 0 Å². The van der Waals surface area contributed by atoms with Gasteiger partial charge in [0, 0.05) is 45.3 Å². The van der Waals surface area contributed by atoms with Gasteiger partial charge < -0.3 is 10.1 Å². The van der Waals surface area contributed by atoms with Crippen LogP contribution in [0.5, 0.6) is 11.5 Å². The lowest BCUT2D eigenvalue weighted by molar-refractivity contribution is 0.0981. The number of para-hydroxylation sites is 1. The molecule has 4 heteroatoms. The van der Waals surface area contributed by atoms with Crippen molar-refractivity contribution in [2.45, 2.75) is 19.0 Å². The molecule has 4 rings (SSSR count). The van der Waals surface area contributed by atoms with Crippen molar-refractivity contribution in [3.63, 3.8) is 0 Å². The van der Waals surface area contributed by atoms with Crippen LogP contribution in [-0.4, -0.2) is 55.1 Å². The minimum absolute atomic E-state index is 0.761. The second kappa shape index (κ2) is 8.00. The Labute approximate surface area is 150 Å². The van der Waals surface area contributed by atoms with E-state index < -0.39 is 0 Å². The molecule has 2 aromatic rings. The summed E-state index contributed by atoms with van der Waals surface area (Å²) in [5.74, 6) is 1.78. The van der Waals surface area contributed by atoms with E-state index in [-0.39, 0.29) is 0 Å². The zero-order chi connectivity index (χ0) is 16.9. The van der Waals surface area contributed by atoms with Crippen molar-refractivity contribution in [2.24, 2.45) is 0 Å². The van der Waals surface area contributed by atoms with Crippen molar-refractivity contribution in [3.05, 3.63) is 60.2 Å². The first-order valence-corrected chi connectivity index (χ1v) is 9.36. The third-order valence-electron chi connectivity index (χ3n) is 5.27. The van der Waals surface area contributed by atoms with Crippen LogP contribution in [0.1, 0.15) is 12.0 Å². The van der Waals surface area contributed by atoms with Gasteiger partial charge >= 0.3 is 0 Å². The van der Waals surface area contributed by atoms with E-state index in [1.165, 1.54) is 51.3 Å². The molecule has 2 aliphatic heterocycles. The predicted octanol–water partition coefficient (Wildman–Crippen LogP) is 2.96. The third-order valence-corrected chi connectivity index (χ3v) is 5.27. The first-order valence-electron chi connectivity index (χ1n) is 9.36. The summed E-state index contributed by atoms with van der Waals surface area (Å²) in [5.41, 5.74) is 1.36. The number of ether oxygens (including phenoxy) is 1. The van der Waals surface area contributed by atoms with Gasteiger partial charge in [-0.3, -0.25) is 9.80 Å². The summed E-state index contributed by atoms with van der Waals surface area (Å²) in [5, 5.41) is 3.48. The fourth-order valence-corrected chi connectivity index (χ4v) is 3.78. The van der Waals surface area contributed by atoms with Crippen LogP contribution in [0, 0.1) is 0 Å². The molecule has 132 valence electrons. The maximum Gasteiger partial charge on any atom is 0.127 e. The van der Waals surface area contributed by atoms with Gasteiger partial charge in [0.1, 0.15) is 11.5 Å². The molecule has 2 fully saturated rings. The molecule has 2 aliphatic rings. The SMILES string of the molecule is c1ccc(Oc2ccc(CN3CCN([C@H]4CCNC4)CC3)cc2)cc1. The molecule has 2 heterocycles. The zero-order valence-corrected chi connectivity index (χ0v) is 14.7. The molecule has 4 nitrogen and oxygen atoms in total. The van der Waals surface area contributed by atoms with Gasteiger partial charge in [0.05, 0.1) is 0 Å². The fourth-order valence-electron chi connectivity index (χ4n) is 3.78. The summed E-state index contributed by atoms with van der Waals surface area (Å²) in [6.07, 6.45) is 1.31. The maximum absolute atomic E-state index is 5.87. The highest BCUT2D eigenvalue weighted by Crippen LogP contribution is 2.22. The van der Waals surface area contributed by atoms with E-state index in [9.17, 15) is 0 Å². The van der Waals surface area contributed by atoms with E-state index in [1.54, 1.807) is 0 Å². The number of nitrogens with one attached hydrogen (secondary N) is 1. The maximum atomic E-state index is 5.87. The molecular weight excluding hydrogens is 310 g/mol. The van der Waals surface area contributed by atoms with Crippen molar-refractivity contribution in [2.75, 3.05) is 39.3 Å². The van der Waals surface area contributed by atoms with Gasteiger partial charge in [0.2, 0.25) is 0 Å². The molecule has 2 saturated heterocycles. The Morgan fingerprint density at radius 2 is 1.60 bits per heavy atom. The lowest BCUT2D eigenvalue weighted by Gasteiger charge is -2.37. The monoisotopic (exact) mass is 337 g/mol. The highest BCUT2D eigenvalue weighted by molar-refractivity contribution is 5.32. The summed E-state index contributed by atoms with van der Waals surface area (Å²) in [7, 11) is 0. The molecule has 0 aliphatic carbocycles. The molecule has 25 heavy (non-hydrogen) atoms. The van der Waals surface area contributed by atoms with Gasteiger partial charge in [0.25, 0.3) is 0 Å². The molecule has 0 radical (unpaired) electrons. The molecule has 0 saturated carbocycles. The Hall–Kier alpha value is -1.88. The van der Waals surface area contributed by atoms with Gasteiger partial charge in [-0.25, -0.2) is 0 Å². The molecule has 0 spiro atoms. The van der Waals surface area contributed by atoms with E-state index in [4.69, 9.17) is 4.74 Å². The lowest BCUT2D eigenvalue weighted by atomic mass is 10.1. The quantitative estimate of drug-likeness (QED) is 0.908. The average molecular weight is 337 g/mol. The number of rotatable bonds is 5. The van der Waals surface area contributed by atoms with Crippen molar-refractivity contribution in [3.8, 4) is 11.5 Å². The molecule has 0 bridgehead atoms. The Bertz CT molecular complexity index is 645. The van der Waals surface area contributed by atoms with Crippen molar-refractivity contribution < 1.29 is 4.74 Å². The van der Waals surface area contributed by atoms with E-state index in [0.29, 0.717) is 0 Å². The number of hydrogen-bond donors (Lipinski definition) is 1. The minimum Gasteiger partial charge on any atom is -0.457 e. The van der Waals surface area contributed by atoms with Gasteiger partial charge in [-0.2, -0.15) is 0 Å². The highest BCUT2D eigenvalue weighted by atomic mass is 16.5. The topological polar surface area (TPSA) is 27.7 Å². The molecule has 1 atom stereocenters. The summed E-state index contributed by atoms with van der Waals surface area (Å²) in [6.45, 7) is 8.11. The number of hydrogen-bond acceptors (Lipinski definition) is 4. The highest BCUT2D eigenvalue weighted by Gasteiger charge is 2.25. The van der Waals surface area contributed by atoms with Crippen LogP contribution < -0.4 is 10.1 Å². The van der Waals surface area contributed by atoms with Crippen molar-refractivity contribution in [1.29, 1.82) is 0 Å². The number of piperazine rings is 1. The second-order valence-corrected chi connectivity index (χ2v) is 7.02. The smallest absolute Gasteiger partial charge is 0.127 e. The van der Waals surface area contributed by atoms with Crippen LogP contribution in [0.15, 0.2) is 54.6 Å². The first-order chi connectivity index (χ1) is 12.4. The first kappa shape index (κ1) is 16.6. The Kier molecular flexibility index (Phi) is 5.31. The van der Waals surface area contributed by atoms with Crippen LogP contribution in [0.3, 0.4) is 0 Å². The Morgan fingerprint density at radius 1 is 0.880 bits per heavy atom. The minimum atomic E-state index is 0.761. The lowest BCUT2D eigenvalue weighted by Crippen LogP contribution is -2.50. The largest absolute Gasteiger partial charge is 0.457 e. The summed E-state index contributed by atoms with van der Waals surface area (Å²) in [6, 6.07) is 19.2. The Balaban J connectivity index is 1.27. The zero-order valence-electron chi connectivity index (χ0n) is 14.7. The summed E-state index contributed by atoms with van der Waals surface area (Å²) in [4.78, 5) is 5.22. The fraction of sp³-hybridized carbons (Fsp3) is 0.429. The molecule has 0 unspecified atom stereocenters. The van der Waals surface area contributed by atoms with Gasteiger partial charge in [-0.15, -0.1) is 0 Å². The van der Waals surface area contributed by atoms with E-state index in [0.717, 1.165) is 24.1 Å². The van der Waals surface area contributed by atoms with E-state index in [1.807, 2.05) is 30.3 Å². The van der Waals surface area contributed by atoms with Gasteiger partial charge in [-0.05, 0) is 42.8 Å². The third kappa shape index (κ3) is 4.40. The molecule has 2 aromatic carbocycles. The second-order valence-electron chi connectivity index (χ2n) is 7.02. The normalized spacial score (nSPS) is 22.2. The molecule has 1 N–H and O–H groups in total.